The second kappa shape index (κ2) is 8.75. The van der Waals surface area contributed by atoms with Crippen LogP contribution in [0.1, 0.15) is 11.3 Å². The number of hydrogen-bond acceptors (Lipinski definition) is 8. The molecule has 0 bridgehead atoms. The normalized spacial score (nSPS) is 12.2. The van der Waals surface area contributed by atoms with Crippen LogP contribution < -0.4 is 14.8 Å². The Kier molecular flexibility index (Phi) is 5.51. The van der Waals surface area contributed by atoms with E-state index in [1.165, 1.54) is 11.8 Å². The van der Waals surface area contributed by atoms with E-state index in [1.54, 1.807) is 13.0 Å². The molecule has 3 heterocycles. The summed E-state index contributed by atoms with van der Waals surface area (Å²) in [7, 11) is 0. The Balaban J connectivity index is 1.38. The van der Waals surface area contributed by atoms with Crippen LogP contribution >= 0.6 is 11.8 Å². The zero-order valence-electron chi connectivity index (χ0n) is 17.1. The number of hydrogen-bond donors (Lipinski definition) is 1. The van der Waals surface area contributed by atoms with Crippen LogP contribution in [0.5, 0.6) is 11.5 Å². The van der Waals surface area contributed by atoms with E-state index in [-0.39, 0.29) is 18.5 Å². The van der Waals surface area contributed by atoms with Gasteiger partial charge in [-0.3, -0.25) is 9.36 Å². The fraction of sp³-hybridized carbons (Fsp3) is 0.182. The first kappa shape index (κ1) is 20.1. The highest BCUT2D eigenvalue weighted by atomic mass is 32.2. The molecule has 32 heavy (non-hydrogen) atoms. The number of nitrogens with zero attached hydrogens (tertiary/aromatic N) is 4. The van der Waals surface area contributed by atoms with Gasteiger partial charge in [0.1, 0.15) is 5.76 Å². The lowest BCUT2D eigenvalue weighted by Crippen LogP contribution is -2.15. The Morgan fingerprint density at radius 1 is 1.09 bits per heavy atom. The second-order valence-corrected chi connectivity index (χ2v) is 8.05. The van der Waals surface area contributed by atoms with Gasteiger partial charge in [-0.2, -0.15) is 0 Å². The fourth-order valence-corrected chi connectivity index (χ4v) is 4.03. The van der Waals surface area contributed by atoms with Crippen molar-refractivity contribution in [3.63, 3.8) is 0 Å². The maximum Gasteiger partial charge on any atom is 0.236 e. The molecule has 0 atom stereocenters. The van der Waals surface area contributed by atoms with Gasteiger partial charge in [0.05, 0.1) is 12.3 Å². The van der Waals surface area contributed by atoms with Gasteiger partial charge >= 0.3 is 0 Å². The van der Waals surface area contributed by atoms with Crippen LogP contribution in [0.15, 0.2) is 64.3 Å². The third-order valence-corrected chi connectivity index (χ3v) is 5.72. The molecular weight excluding hydrogens is 430 g/mol. The van der Waals surface area contributed by atoms with E-state index in [0.717, 1.165) is 22.7 Å². The van der Waals surface area contributed by atoms with Gasteiger partial charge in [-0.15, -0.1) is 10.2 Å². The molecular formula is C22H19N5O4S. The summed E-state index contributed by atoms with van der Waals surface area (Å²) in [5.41, 5.74) is 1.95. The van der Waals surface area contributed by atoms with Crippen molar-refractivity contribution in [3.8, 4) is 22.9 Å². The molecule has 2 aromatic heterocycles. The lowest BCUT2D eigenvalue weighted by Gasteiger charge is -2.11. The monoisotopic (exact) mass is 449 g/mol. The van der Waals surface area contributed by atoms with E-state index in [9.17, 15) is 4.79 Å². The maximum absolute atomic E-state index is 12.4. The lowest BCUT2D eigenvalue weighted by atomic mass is 10.2. The van der Waals surface area contributed by atoms with E-state index in [0.29, 0.717) is 29.0 Å². The molecule has 0 radical (unpaired) electrons. The molecule has 4 aromatic rings. The summed E-state index contributed by atoms with van der Waals surface area (Å²) in [6.07, 6.45) is 0. The van der Waals surface area contributed by atoms with E-state index in [1.807, 2.05) is 53.1 Å². The third kappa shape index (κ3) is 4.30. The van der Waals surface area contributed by atoms with E-state index >= 15 is 0 Å². The van der Waals surface area contributed by atoms with Crippen LogP contribution in [0.3, 0.4) is 0 Å². The molecule has 10 heteroatoms. The fourth-order valence-electron chi connectivity index (χ4n) is 3.30. The number of aromatic nitrogens is 4. The molecule has 1 aliphatic heterocycles. The first-order valence-electron chi connectivity index (χ1n) is 9.89. The zero-order valence-corrected chi connectivity index (χ0v) is 18.0. The Hall–Kier alpha value is -3.79. The van der Waals surface area contributed by atoms with Crippen LogP contribution in [0, 0.1) is 6.92 Å². The van der Waals surface area contributed by atoms with E-state index in [4.69, 9.17) is 14.0 Å². The number of fused-ring (bicyclic) bond motifs is 1. The van der Waals surface area contributed by atoms with Gasteiger partial charge in [-0.25, -0.2) is 0 Å². The number of carbonyl (C=O) groups is 1. The first-order chi connectivity index (χ1) is 15.7. The minimum Gasteiger partial charge on any atom is -0.454 e. The topological polar surface area (TPSA) is 104 Å². The van der Waals surface area contributed by atoms with Gasteiger partial charge in [0.2, 0.25) is 12.7 Å². The van der Waals surface area contributed by atoms with Crippen molar-refractivity contribution in [1.82, 2.24) is 19.9 Å². The number of benzene rings is 2. The highest BCUT2D eigenvalue weighted by molar-refractivity contribution is 7.99. The van der Waals surface area contributed by atoms with Crippen molar-refractivity contribution in [2.45, 2.75) is 18.6 Å². The maximum atomic E-state index is 12.4. The number of anilines is 1. The summed E-state index contributed by atoms with van der Waals surface area (Å²) in [5, 5.41) is 15.9. The van der Waals surface area contributed by atoms with Gasteiger partial charge in [0, 0.05) is 11.6 Å². The molecule has 0 spiro atoms. The second-order valence-electron chi connectivity index (χ2n) is 7.11. The predicted octanol–water partition coefficient (Wildman–Crippen LogP) is 3.75. The quantitative estimate of drug-likeness (QED) is 0.426. The number of rotatable bonds is 7. The summed E-state index contributed by atoms with van der Waals surface area (Å²) in [6.45, 7) is 2.50. The summed E-state index contributed by atoms with van der Waals surface area (Å²) < 4.78 is 17.9. The molecule has 1 amide bonds. The number of amides is 1. The van der Waals surface area contributed by atoms with Crippen LogP contribution in [-0.4, -0.2) is 38.4 Å². The SMILES string of the molecule is Cc1cc(NC(=O)CSc2nnc(-c3ccccc3)n2Cc2ccc3c(c2)OCO3)no1. The van der Waals surface area contributed by atoms with Crippen molar-refractivity contribution in [1.29, 1.82) is 0 Å². The molecule has 5 rings (SSSR count). The van der Waals surface area contributed by atoms with Crippen molar-refractivity contribution in [2.75, 3.05) is 17.9 Å². The highest BCUT2D eigenvalue weighted by Crippen LogP contribution is 2.33. The van der Waals surface area contributed by atoms with Crippen LogP contribution in [0.2, 0.25) is 0 Å². The number of aryl methyl sites for hydroxylation is 1. The van der Waals surface area contributed by atoms with Gasteiger partial charge in [0.15, 0.2) is 28.3 Å². The molecule has 2 aromatic carbocycles. The standard InChI is InChI=1S/C22H19N5O4S/c1-14-9-19(26-31-14)23-20(28)12-32-22-25-24-21(16-5-3-2-4-6-16)27(22)11-15-7-8-17-18(10-15)30-13-29-17/h2-10H,11-13H2,1H3,(H,23,26,28). The summed E-state index contributed by atoms with van der Waals surface area (Å²) in [4.78, 5) is 12.4. The van der Waals surface area contributed by atoms with E-state index in [2.05, 4.69) is 20.7 Å². The summed E-state index contributed by atoms with van der Waals surface area (Å²) >= 11 is 1.30. The molecule has 0 aliphatic carbocycles. The molecule has 1 aliphatic rings. The Morgan fingerprint density at radius 2 is 1.94 bits per heavy atom. The number of ether oxygens (including phenoxy) is 2. The average molecular weight is 449 g/mol. The van der Waals surface area contributed by atoms with Gasteiger partial charge in [0.25, 0.3) is 0 Å². The Morgan fingerprint density at radius 3 is 2.75 bits per heavy atom. The zero-order chi connectivity index (χ0) is 21.9. The molecule has 0 fully saturated rings. The average Bonchev–Trinajstić information content (AvgIpc) is 3.53. The molecule has 0 unspecified atom stereocenters. The molecule has 162 valence electrons. The predicted molar refractivity (Wildman–Crippen MR) is 118 cm³/mol. The molecule has 9 nitrogen and oxygen atoms in total. The Labute approximate surface area is 187 Å². The number of thioether (sulfide) groups is 1. The van der Waals surface area contributed by atoms with E-state index < -0.39 is 0 Å². The van der Waals surface area contributed by atoms with Gasteiger partial charge in [-0.1, -0.05) is 53.3 Å². The number of nitrogens with one attached hydrogen (secondary N) is 1. The van der Waals surface area contributed by atoms with Crippen molar-refractivity contribution in [2.24, 2.45) is 0 Å². The van der Waals surface area contributed by atoms with Gasteiger partial charge in [-0.05, 0) is 24.6 Å². The van der Waals surface area contributed by atoms with Crippen molar-refractivity contribution < 1.29 is 18.8 Å². The van der Waals surface area contributed by atoms with Crippen molar-refractivity contribution in [3.05, 3.63) is 65.9 Å². The largest absolute Gasteiger partial charge is 0.454 e. The van der Waals surface area contributed by atoms with Gasteiger partial charge < -0.3 is 19.3 Å². The molecule has 0 saturated heterocycles. The molecule has 0 saturated carbocycles. The van der Waals surface area contributed by atoms with Crippen molar-refractivity contribution >= 4 is 23.5 Å². The summed E-state index contributed by atoms with van der Waals surface area (Å²) in [6, 6.07) is 17.3. The molecule has 1 N–H and O–H groups in total. The smallest absolute Gasteiger partial charge is 0.236 e. The summed E-state index contributed by atoms with van der Waals surface area (Å²) in [5.74, 6) is 3.13. The minimum absolute atomic E-state index is 0.153. The first-order valence-corrected chi connectivity index (χ1v) is 10.9. The van der Waals surface area contributed by atoms with Crippen LogP contribution in [-0.2, 0) is 11.3 Å². The minimum atomic E-state index is -0.206. The third-order valence-electron chi connectivity index (χ3n) is 4.75. The van der Waals surface area contributed by atoms with Crippen LogP contribution in [0.25, 0.3) is 11.4 Å². The lowest BCUT2D eigenvalue weighted by molar-refractivity contribution is -0.113. The number of carbonyl (C=O) groups excluding carboxylic acids is 1. The highest BCUT2D eigenvalue weighted by Gasteiger charge is 2.19. The van der Waals surface area contributed by atoms with Crippen LogP contribution in [0.4, 0.5) is 5.82 Å². The Bertz CT molecular complexity index is 1250.